The van der Waals surface area contributed by atoms with Gasteiger partial charge in [0.25, 0.3) is 0 Å². The number of rotatable bonds is 7. The molecule has 1 saturated heterocycles. The predicted octanol–water partition coefficient (Wildman–Crippen LogP) is 3.79. The van der Waals surface area contributed by atoms with Gasteiger partial charge in [-0.1, -0.05) is 18.2 Å². The first kappa shape index (κ1) is 18.3. The van der Waals surface area contributed by atoms with E-state index in [1.165, 1.54) is 0 Å². The molecule has 0 bridgehead atoms. The number of esters is 1. The van der Waals surface area contributed by atoms with Gasteiger partial charge in [-0.05, 0) is 54.8 Å². The normalized spacial score (nSPS) is 16.1. The molecule has 1 atom stereocenters. The first-order valence-corrected chi connectivity index (χ1v) is 9.38. The molecule has 4 rings (SSSR count). The van der Waals surface area contributed by atoms with Crippen molar-refractivity contribution in [1.82, 2.24) is 9.78 Å². The summed E-state index contributed by atoms with van der Waals surface area (Å²) in [5.74, 6) is 0.271. The highest BCUT2D eigenvalue weighted by atomic mass is 16.5. The lowest BCUT2D eigenvalue weighted by Crippen LogP contribution is -2.16. The van der Waals surface area contributed by atoms with Crippen molar-refractivity contribution in [3.63, 3.8) is 0 Å². The largest absolute Gasteiger partial charge is 0.491 e. The molecule has 1 unspecified atom stereocenters. The highest BCUT2D eigenvalue weighted by Crippen LogP contribution is 2.18. The SMILES string of the molecule is O=C(OCc1ccc(-n2cccn2)cc1)c1cccc(OCC2CCCO2)c1. The second-order valence-electron chi connectivity index (χ2n) is 6.67. The van der Waals surface area contributed by atoms with Crippen molar-refractivity contribution in [2.24, 2.45) is 0 Å². The van der Waals surface area contributed by atoms with Gasteiger partial charge < -0.3 is 14.2 Å². The van der Waals surface area contributed by atoms with Gasteiger partial charge in [-0.15, -0.1) is 0 Å². The highest BCUT2D eigenvalue weighted by Gasteiger charge is 2.16. The van der Waals surface area contributed by atoms with Crippen molar-refractivity contribution in [2.75, 3.05) is 13.2 Å². The molecule has 0 radical (unpaired) electrons. The van der Waals surface area contributed by atoms with Gasteiger partial charge in [0.1, 0.15) is 19.0 Å². The molecule has 1 fully saturated rings. The van der Waals surface area contributed by atoms with Crippen LogP contribution in [0, 0.1) is 0 Å². The molecule has 3 aromatic rings. The number of nitrogens with zero attached hydrogens (tertiary/aromatic N) is 2. The summed E-state index contributed by atoms with van der Waals surface area (Å²) < 4.78 is 18.5. The molecule has 0 N–H and O–H groups in total. The van der Waals surface area contributed by atoms with Crippen molar-refractivity contribution in [3.8, 4) is 11.4 Å². The lowest BCUT2D eigenvalue weighted by atomic mass is 10.2. The van der Waals surface area contributed by atoms with E-state index in [1.54, 1.807) is 29.1 Å². The van der Waals surface area contributed by atoms with E-state index in [0.29, 0.717) is 17.9 Å². The zero-order chi connectivity index (χ0) is 19.2. The maximum Gasteiger partial charge on any atom is 0.338 e. The second-order valence-corrected chi connectivity index (χ2v) is 6.67. The molecule has 0 amide bonds. The van der Waals surface area contributed by atoms with Gasteiger partial charge >= 0.3 is 5.97 Å². The highest BCUT2D eigenvalue weighted by molar-refractivity contribution is 5.89. The van der Waals surface area contributed by atoms with Crippen LogP contribution < -0.4 is 4.74 Å². The first-order valence-electron chi connectivity index (χ1n) is 9.38. The number of hydrogen-bond donors (Lipinski definition) is 0. The molecule has 0 saturated carbocycles. The zero-order valence-electron chi connectivity index (χ0n) is 15.5. The average Bonchev–Trinajstić information content (AvgIpc) is 3.45. The molecule has 144 valence electrons. The van der Waals surface area contributed by atoms with E-state index in [1.807, 2.05) is 42.6 Å². The molecule has 2 aromatic carbocycles. The van der Waals surface area contributed by atoms with Crippen LogP contribution in [-0.4, -0.2) is 35.1 Å². The van der Waals surface area contributed by atoms with Crippen molar-refractivity contribution in [1.29, 1.82) is 0 Å². The molecule has 0 spiro atoms. The zero-order valence-corrected chi connectivity index (χ0v) is 15.5. The van der Waals surface area contributed by atoms with Gasteiger partial charge in [0.05, 0.1) is 17.4 Å². The van der Waals surface area contributed by atoms with Gasteiger partial charge in [-0.2, -0.15) is 5.10 Å². The minimum atomic E-state index is -0.376. The van der Waals surface area contributed by atoms with Crippen molar-refractivity contribution in [2.45, 2.75) is 25.6 Å². The Morgan fingerprint density at radius 3 is 2.82 bits per heavy atom. The summed E-state index contributed by atoms with van der Waals surface area (Å²) in [7, 11) is 0. The Bertz CT molecular complexity index is 901. The van der Waals surface area contributed by atoms with Crippen LogP contribution in [0.15, 0.2) is 67.0 Å². The van der Waals surface area contributed by atoms with E-state index in [0.717, 1.165) is 30.7 Å². The van der Waals surface area contributed by atoms with Gasteiger partial charge in [-0.25, -0.2) is 9.48 Å². The maximum atomic E-state index is 12.4. The van der Waals surface area contributed by atoms with Gasteiger partial charge in [-0.3, -0.25) is 0 Å². The van der Waals surface area contributed by atoms with E-state index in [-0.39, 0.29) is 18.7 Å². The monoisotopic (exact) mass is 378 g/mol. The Morgan fingerprint density at radius 2 is 2.07 bits per heavy atom. The fourth-order valence-electron chi connectivity index (χ4n) is 3.08. The van der Waals surface area contributed by atoms with Gasteiger partial charge in [0.15, 0.2) is 0 Å². The molecule has 28 heavy (non-hydrogen) atoms. The molecule has 1 aliphatic rings. The molecule has 2 heterocycles. The van der Waals surface area contributed by atoms with Crippen LogP contribution in [0.3, 0.4) is 0 Å². The van der Waals surface area contributed by atoms with Crippen molar-refractivity contribution >= 4 is 5.97 Å². The van der Waals surface area contributed by atoms with E-state index in [2.05, 4.69) is 5.10 Å². The van der Waals surface area contributed by atoms with Gasteiger partial charge in [0.2, 0.25) is 0 Å². The Morgan fingerprint density at radius 1 is 1.18 bits per heavy atom. The van der Waals surface area contributed by atoms with Crippen molar-refractivity contribution < 1.29 is 19.0 Å². The molecular formula is C22H22N2O4. The number of aromatic nitrogens is 2. The third kappa shape index (κ3) is 4.58. The minimum absolute atomic E-state index is 0.139. The summed E-state index contributed by atoms with van der Waals surface area (Å²) in [5, 5.41) is 4.19. The molecule has 1 aliphatic heterocycles. The molecule has 1 aromatic heterocycles. The van der Waals surface area contributed by atoms with E-state index in [9.17, 15) is 4.79 Å². The van der Waals surface area contributed by atoms with Crippen LogP contribution in [0.1, 0.15) is 28.8 Å². The smallest absolute Gasteiger partial charge is 0.338 e. The summed E-state index contributed by atoms with van der Waals surface area (Å²) in [6.07, 6.45) is 5.84. The summed E-state index contributed by atoms with van der Waals surface area (Å²) in [4.78, 5) is 12.4. The third-order valence-corrected chi connectivity index (χ3v) is 4.60. The Labute approximate surface area is 163 Å². The summed E-state index contributed by atoms with van der Waals surface area (Å²) in [6, 6.07) is 16.6. The maximum absolute atomic E-state index is 12.4. The van der Waals surface area contributed by atoms with Crippen LogP contribution >= 0.6 is 0 Å². The Hall–Kier alpha value is -3.12. The number of benzene rings is 2. The Kier molecular flexibility index (Phi) is 5.68. The predicted molar refractivity (Wildman–Crippen MR) is 104 cm³/mol. The molecular weight excluding hydrogens is 356 g/mol. The van der Waals surface area contributed by atoms with Crippen LogP contribution in [0.4, 0.5) is 0 Å². The van der Waals surface area contributed by atoms with E-state index >= 15 is 0 Å². The first-order chi connectivity index (χ1) is 13.8. The van der Waals surface area contributed by atoms with Crippen LogP contribution in [0.25, 0.3) is 5.69 Å². The van der Waals surface area contributed by atoms with Crippen molar-refractivity contribution in [3.05, 3.63) is 78.1 Å². The number of carbonyl (C=O) groups excluding carboxylic acids is 1. The molecule has 0 aliphatic carbocycles. The standard InChI is InChI=1S/C22H22N2O4/c25-22(18-4-1-5-20(14-18)27-16-21-6-2-13-26-21)28-15-17-7-9-19(10-8-17)24-12-3-11-23-24/h1,3-5,7-12,14,21H,2,6,13,15-16H2. The summed E-state index contributed by atoms with van der Waals surface area (Å²) >= 11 is 0. The second kappa shape index (κ2) is 8.71. The lowest BCUT2D eigenvalue weighted by Gasteiger charge is -2.12. The summed E-state index contributed by atoms with van der Waals surface area (Å²) in [5.41, 5.74) is 2.34. The van der Waals surface area contributed by atoms with Crippen LogP contribution in [-0.2, 0) is 16.1 Å². The molecule has 6 heteroatoms. The van der Waals surface area contributed by atoms with Crippen LogP contribution in [0.5, 0.6) is 5.75 Å². The number of carbonyl (C=O) groups is 1. The lowest BCUT2D eigenvalue weighted by molar-refractivity contribution is 0.0471. The fourth-order valence-corrected chi connectivity index (χ4v) is 3.08. The summed E-state index contributed by atoms with van der Waals surface area (Å²) in [6.45, 7) is 1.50. The number of hydrogen-bond acceptors (Lipinski definition) is 5. The fraction of sp³-hybridized carbons (Fsp3) is 0.273. The van der Waals surface area contributed by atoms with Gasteiger partial charge in [0, 0.05) is 19.0 Å². The Balaban J connectivity index is 1.31. The average molecular weight is 378 g/mol. The molecule has 6 nitrogen and oxygen atoms in total. The topological polar surface area (TPSA) is 62.6 Å². The third-order valence-electron chi connectivity index (χ3n) is 4.60. The van der Waals surface area contributed by atoms with E-state index in [4.69, 9.17) is 14.2 Å². The minimum Gasteiger partial charge on any atom is -0.491 e. The van der Waals surface area contributed by atoms with E-state index < -0.39 is 0 Å². The number of ether oxygens (including phenoxy) is 3. The quantitative estimate of drug-likeness (QED) is 0.586. The van der Waals surface area contributed by atoms with Crippen LogP contribution in [0.2, 0.25) is 0 Å².